The molecule has 5 heteroatoms. The van der Waals surface area contributed by atoms with E-state index in [2.05, 4.69) is 0 Å². The monoisotopic (exact) mass is 289 g/mol. The average Bonchev–Trinajstić information content (AvgIpc) is 2.42. The SMILES string of the molecule is CCN(CCC(=O)O)Cc1cc(=O)oc2cc(C)ccc12. The van der Waals surface area contributed by atoms with E-state index < -0.39 is 5.97 Å². The van der Waals surface area contributed by atoms with Gasteiger partial charge in [-0.15, -0.1) is 0 Å². The molecule has 0 unspecified atom stereocenters. The second-order valence-electron chi connectivity index (χ2n) is 5.10. The standard InChI is InChI=1S/C16H19NO4/c1-3-17(7-6-15(18)19)10-12-9-16(20)21-14-8-11(2)4-5-13(12)14/h4-5,8-9H,3,6-7,10H2,1-2H3,(H,18,19). The van der Waals surface area contributed by atoms with Gasteiger partial charge < -0.3 is 9.52 Å². The van der Waals surface area contributed by atoms with Gasteiger partial charge in [0, 0.05) is 24.5 Å². The molecule has 0 bridgehead atoms. The molecule has 0 aliphatic carbocycles. The molecule has 1 N–H and O–H groups in total. The highest BCUT2D eigenvalue weighted by Crippen LogP contribution is 2.19. The fourth-order valence-corrected chi connectivity index (χ4v) is 2.31. The van der Waals surface area contributed by atoms with Gasteiger partial charge in [-0.25, -0.2) is 4.79 Å². The van der Waals surface area contributed by atoms with Gasteiger partial charge in [-0.1, -0.05) is 19.1 Å². The third-order valence-electron chi connectivity index (χ3n) is 3.47. The summed E-state index contributed by atoms with van der Waals surface area (Å²) >= 11 is 0. The lowest BCUT2D eigenvalue weighted by atomic mass is 10.1. The minimum Gasteiger partial charge on any atom is -0.481 e. The summed E-state index contributed by atoms with van der Waals surface area (Å²) in [6.07, 6.45) is 0.0896. The fraction of sp³-hybridized carbons (Fsp3) is 0.375. The number of hydrogen-bond acceptors (Lipinski definition) is 4. The smallest absolute Gasteiger partial charge is 0.336 e. The normalized spacial score (nSPS) is 11.2. The Morgan fingerprint density at radius 3 is 2.76 bits per heavy atom. The zero-order chi connectivity index (χ0) is 15.4. The fourth-order valence-electron chi connectivity index (χ4n) is 2.31. The molecule has 0 radical (unpaired) electrons. The Morgan fingerprint density at radius 2 is 2.10 bits per heavy atom. The molecule has 1 aromatic heterocycles. The third-order valence-corrected chi connectivity index (χ3v) is 3.47. The van der Waals surface area contributed by atoms with E-state index >= 15 is 0 Å². The van der Waals surface area contributed by atoms with Gasteiger partial charge >= 0.3 is 11.6 Å². The molecule has 1 aromatic carbocycles. The van der Waals surface area contributed by atoms with Crippen molar-refractivity contribution in [1.82, 2.24) is 4.90 Å². The van der Waals surface area contributed by atoms with Crippen molar-refractivity contribution in [3.8, 4) is 0 Å². The van der Waals surface area contributed by atoms with Crippen LogP contribution in [0.3, 0.4) is 0 Å². The van der Waals surface area contributed by atoms with Crippen LogP contribution in [-0.2, 0) is 11.3 Å². The van der Waals surface area contributed by atoms with Crippen LogP contribution in [-0.4, -0.2) is 29.1 Å². The maximum absolute atomic E-state index is 11.7. The Balaban J connectivity index is 2.32. The van der Waals surface area contributed by atoms with E-state index in [4.69, 9.17) is 9.52 Å². The van der Waals surface area contributed by atoms with Crippen LogP contribution in [0.5, 0.6) is 0 Å². The summed E-state index contributed by atoms with van der Waals surface area (Å²) in [5, 5.41) is 9.68. The minimum absolute atomic E-state index is 0.0896. The summed E-state index contributed by atoms with van der Waals surface area (Å²) in [5.41, 5.74) is 2.10. The first kappa shape index (κ1) is 15.3. The lowest BCUT2D eigenvalue weighted by Crippen LogP contribution is -2.26. The summed E-state index contributed by atoms with van der Waals surface area (Å²) in [6.45, 7) is 5.63. The van der Waals surface area contributed by atoms with Crippen LogP contribution >= 0.6 is 0 Å². The van der Waals surface area contributed by atoms with Crippen molar-refractivity contribution in [1.29, 1.82) is 0 Å². The molecule has 0 atom stereocenters. The Hall–Kier alpha value is -2.14. The van der Waals surface area contributed by atoms with Gasteiger partial charge in [0.1, 0.15) is 5.58 Å². The average molecular weight is 289 g/mol. The Kier molecular flexibility index (Phi) is 4.75. The van der Waals surface area contributed by atoms with Crippen LogP contribution in [0.1, 0.15) is 24.5 Å². The number of benzene rings is 1. The second-order valence-corrected chi connectivity index (χ2v) is 5.10. The first-order valence-electron chi connectivity index (χ1n) is 6.97. The van der Waals surface area contributed by atoms with Crippen molar-refractivity contribution in [2.24, 2.45) is 0 Å². The summed E-state index contributed by atoms with van der Waals surface area (Å²) in [5.74, 6) is -0.818. The minimum atomic E-state index is -0.818. The highest BCUT2D eigenvalue weighted by atomic mass is 16.4. The van der Waals surface area contributed by atoms with E-state index in [1.807, 2.05) is 36.9 Å². The molecule has 1 heterocycles. The molecule has 0 aliphatic rings. The van der Waals surface area contributed by atoms with Gasteiger partial charge in [0.05, 0.1) is 6.42 Å². The predicted molar refractivity (Wildman–Crippen MR) is 80.4 cm³/mol. The number of fused-ring (bicyclic) bond motifs is 1. The quantitative estimate of drug-likeness (QED) is 0.827. The van der Waals surface area contributed by atoms with Crippen LogP contribution < -0.4 is 5.63 Å². The van der Waals surface area contributed by atoms with Crippen LogP contribution in [0.15, 0.2) is 33.5 Å². The van der Waals surface area contributed by atoms with Gasteiger partial charge in [0.15, 0.2) is 0 Å². The molecule has 0 fully saturated rings. The first-order chi connectivity index (χ1) is 9.99. The molecular weight excluding hydrogens is 270 g/mol. The molecule has 0 saturated carbocycles. The van der Waals surface area contributed by atoms with E-state index in [0.29, 0.717) is 18.7 Å². The number of rotatable bonds is 6. The third kappa shape index (κ3) is 3.92. The van der Waals surface area contributed by atoms with Crippen molar-refractivity contribution in [3.05, 3.63) is 45.8 Å². The zero-order valence-corrected chi connectivity index (χ0v) is 12.3. The lowest BCUT2D eigenvalue weighted by molar-refractivity contribution is -0.137. The number of aryl methyl sites for hydroxylation is 1. The van der Waals surface area contributed by atoms with Crippen molar-refractivity contribution < 1.29 is 14.3 Å². The maximum atomic E-state index is 11.7. The molecule has 0 spiro atoms. The van der Waals surface area contributed by atoms with E-state index in [1.54, 1.807) is 0 Å². The molecular formula is C16H19NO4. The number of nitrogens with zero attached hydrogens (tertiary/aromatic N) is 1. The Labute approximate surface area is 122 Å². The van der Waals surface area contributed by atoms with E-state index in [1.165, 1.54) is 6.07 Å². The van der Waals surface area contributed by atoms with Gasteiger partial charge in [-0.2, -0.15) is 0 Å². The topological polar surface area (TPSA) is 70.8 Å². The molecule has 0 aliphatic heterocycles. The highest BCUT2D eigenvalue weighted by molar-refractivity contribution is 5.80. The molecule has 5 nitrogen and oxygen atoms in total. The molecule has 2 aromatic rings. The van der Waals surface area contributed by atoms with Crippen molar-refractivity contribution in [2.45, 2.75) is 26.8 Å². The van der Waals surface area contributed by atoms with E-state index in [9.17, 15) is 9.59 Å². The molecule has 0 amide bonds. The Bertz CT molecular complexity index is 705. The molecule has 2 rings (SSSR count). The van der Waals surface area contributed by atoms with Crippen LogP contribution in [0.25, 0.3) is 11.0 Å². The second kappa shape index (κ2) is 6.54. The predicted octanol–water partition coefficient (Wildman–Crippen LogP) is 2.40. The van der Waals surface area contributed by atoms with E-state index in [-0.39, 0.29) is 12.0 Å². The summed E-state index contributed by atoms with van der Waals surface area (Å²) in [7, 11) is 0. The summed E-state index contributed by atoms with van der Waals surface area (Å²) in [4.78, 5) is 24.4. The van der Waals surface area contributed by atoms with Gasteiger partial charge in [0.25, 0.3) is 0 Å². The van der Waals surface area contributed by atoms with Crippen molar-refractivity contribution in [3.63, 3.8) is 0 Å². The maximum Gasteiger partial charge on any atom is 0.336 e. The number of hydrogen-bond donors (Lipinski definition) is 1. The molecule has 21 heavy (non-hydrogen) atoms. The number of carboxylic acids is 1. The molecule has 112 valence electrons. The zero-order valence-electron chi connectivity index (χ0n) is 12.3. The van der Waals surface area contributed by atoms with Crippen LogP contribution in [0.4, 0.5) is 0 Å². The molecule has 0 saturated heterocycles. The summed E-state index contributed by atoms with van der Waals surface area (Å²) < 4.78 is 5.23. The van der Waals surface area contributed by atoms with Crippen molar-refractivity contribution in [2.75, 3.05) is 13.1 Å². The number of aliphatic carboxylic acids is 1. The van der Waals surface area contributed by atoms with E-state index in [0.717, 1.165) is 23.1 Å². The van der Waals surface area contributed by atoms with Crippen molar-refractivity contribution >= 4 is 16.9 Å². The first-order valence-corrected chi connectivity index (χ1v) is 6.97. The number of carbonyl (C=O) groups is 1. The largest absolute Gasteiger partial charge is 0.481 e. The number of carboxylic acid groups (broad SMARTS) is 1. The van der Waals surface area contributed by atoms with Crippen LogP contribution in [0, 0.1) is 6.92 Å². The highest BCUT2D eigenvalue weighted by Gasteiger charge is 2.11. The lowest BCUT2D eigenvalue weighted by Gasteiger charge is -2.20. The van der Waals surface area contributed by atoms with Gasteiger partial charge in [0.2, 0.25) is 0 Å². The Morgan fingerprint density at radius 1 is 1.33 bits per heavy atom. The van der Waals surface area contributed by atoms with Gasteiger partial charge in [-0.3, -0.25) is 9.69 Å². The summed E-state index contributed by atoms with van der Waals surface area (Å²) in [6, 6.07) is 7.24. The van der Waals surface area contributed by atoms with Gasteiger partial charge in [-0.05, 0) is 30.7 Å². The van der Waals surface area contributed by atoms with Crippen LogP contribution in [0.2, 0.25) is 0 Å².